The SMILES string of the molecule is N/C(=N/O)C1CN(C(=O)c2cnn3ccncc23)CCO1. The minimum atomic E-state index is -0.604. The van der Waals surface area contributed by atoms with Gasteiger partial charge in [0.05, 0.1) is 36.6 Å². The Balaban J connectivity index is 1.85. The molecule has 9 heteroatoms. The van der Waals surface area contributed by atoms with E-state index in [1.807, 2.05) is 0 Å². The highest BCUT2D eigenvalue weighted by Crippen LogP contribution is 2.15. The van der Waals surface area contributed by atoms with E-state index in [0.29, 0.717) is 24.2 Å². The van der Waals surface area contributed by atoms with Crippen LogP contribution < -0.4 is 5.73 Å². The van der Waals surface area contributed by atoms with E-state index in [2.05, 4.69) is 15.2 Å². The molecule has 1 amide bonds. The molecule has 0 aliphatic carbocycles. The second-order valence-corrected chi connectivity index (χ2v) is 4.60. The Morgan fingerprint density at radius 1 is 1.52 bits per heavy atom. The Hall–Kier alpha value is -2.68. The minimum absolute atomic E-state index is 0.0472. The zero-order valence-electron chi connectivity index (χ0n) is 11.1. The lowest BCUT2D eigenvalue weighted by Gasteiger charge is -2.32. The number of amidine groups is 1. The van der Waals surface area contributed by atoms with Crippen LogP contribution in [0.2, 0.25) is 0 Å². The molecule has 9 nitrogen and oxygen atoms in total. The number of oxime groups is 1. The molecule has 0 saturated carbocycles. The number of aromatic nitrogens is 3. The van der Waals surface area contributed by atoms with Gasteiger partial charge in [0.2, 0.25) is 0 Å². The summed E-state index contributed by atoms with van der Waals surface area (Å²) in [4.78, 5) is 18.2. The van der Waals surface area contributed by atoms with Crippen LogP contribution in [0.1, 0.15) is 10.4 Å². The number of nitrogens with zero attached hydrogens (tertiary/aromatic N) is 5. The minimum Gasteiger partial charge on any atom is -0.409 e. The molecule has 3 rings (SSSR count). The van der Waals surface area contributed by atoms with Crippen molar-refractivity contribution in [3.63, 3.8) is 0 Å². The van der Waals surface area contributed by atoms with Crippen LogP contribution in [0.15, 0.2) is 29.9 Å². The van der Waals surface area contributed by atoms with E-state index in [9.17, 15) is 4.79 Å². The van der Waals surface area contributed by atoms with Gasteiger partial charge < -0.3 is 20.6 Å². The van der Waals surface area contributed by atoms with Gasteiger partial charge in [-0.25, -0.2) is 4.52 Å². The van der Waals surface area contributed by atoms with Crippen LogP contribution >= 0.6 is 0 Å². The summed E-state index contributed by atoms with van der Waals surface area (Å²) in [7, 11) is 0. The van der Waals surface area contributed by atoms with Crippen molar-refractivity contribution in [3.05, 3.63) is 30.4 Å². The maximum absolute atomic E-state index is 12.6. The van der Waals surface area contributed by atoms with E-state index < -0.39 is 6.10 Å². The fraction of sp³-hybridized carbons (Fsp3) is 0.333. The van der Waals surface area contributed by atoms with Crippen LogP contribution in [0.5, 0.6) is 0 Å². The Morgan fingerprint density at radius 3 is 3.19 bits per heavy atom. The van der Waals surface area contributed by atoms with E-state index >= 15 is 0 Å². The van der Waals surface area contributed by atoms with E-state index in [-0.39, 0.29) is 18.3 Å². The van der Waals surface area contributed by atoms with Crippen LogP contribution in [0.3, 0.4) is 0 Å². The van der Waals surface area contributed by atoms with Crippen molar-refractivity contribution in [3.8, 4) is 0 Å². The number of nitrogens with two attached hydrogens (primary N) is 1. The Kier molecular flexibility index (Phi) is 3.40. The molecule has 1 saturated heterocycles. The third-order valence-corrected chi connectivity index (χ3v) is 3.35. The molecule has 3 N–H and O–H groups in total. The van der Waals surface area contributed by atoms with Crippen LogP contribution in [0.4, 0.5) is 0 Å². The van der Waals surface area contributed by atoms with Crippen LogP contribution in [-0.4, -0.2) is 62.2 Å². The first-order valence-corrected chi connectivity index (χ1v) is 6.36. The fourth-order valence-corrected chi connectivity index (χ4v) is 2.25. The fourth-order valence-electron chi connectivity index (χ4n) is 2.25. The molecule has 0 spiro atoms. The lowest BCUT2D eigenvalue weighted by atomic mass is 10.2. The topological polar surface area (TPSA) is 118 Å². The van der Waals surface area contributed by atoms with Crippen molar-refractivity contribution in [2.45, 2.75) is 6.10 Å². The number of ether oxygens (including phenoxy) is 1. The molecule has 0 bridgehead atoms. The third kappa shape index (κ3) is 2.38. The Labute approximate surface area is 119 Å². The summed E-state index contributed by atoms with van der Waals surface area (Å²) in [5, 5.41) is 15.7. The van der Waals surface area contributed by atoms with Gasteiger partial charge in [0.1, 0.15) is 6.10 Å². The zero-order chi connectivity index (χ0) is 14.8. The molecule has 3 heterocycles. The smallest absolute Gasteiger partial charge is 0.257 e. The normalized spacial score (nSPS) is 19.9. The highest BCUT2D eigenvalue weighted by molar-refractivity contribution is 6.00. The highest BCUT2D eigenvalue weighted by Gasteiger charge is 2.29. The summed E-state index contributed by atoms with van der Waals surface area (Å²) in [6, 6.07) is 0. The van der Waals surface area contributed by atoms with Crippen molar-refractivity contribution >= 4 is 17.3 Å². The predicted molar refractivity (Wildman–Crippen MR) is 72.0 cm³/mol. The third-order valence-electron chi connectivity index (χ3n) is 3.35. The second-order valence-electron chi connectivity index (χ2n) is 4.60. The molecule has 21 heavy (non-hydrogen) atoms. The van der Waals surface area contributed by atoms with Gasteiger partial charge in [-0.1, -0.05) is 5.16 Å². The van der Waals surface area contributed by atoms with Gasteiger partial charge in [0.25, 0.3) is 5.91 Å². The van der Waals surface area contributed by atoms with E-state index in [1.54, 1.807) is 28.0 Å². The lowest BCUT2D eigenvalue weighted by Crippen LogP contribution is -2.50. The van der Waals surface area contributed by atoms with Crippen LogP contribution in [-0.2, 0) is 4.74 Å². The first-order valence-electron chi connectivity index (χ1n) is 6.36. The summed E-state index contributed by atoms with van der Waals surface area (Å²) >= 11 is 0. The summed E-state index contributed by atoms with van der Waals surface area (Å²) in [5.41, 5.74) is 6.62. The second kappa shape index (κ2) is 5.37. The molecule has 1 unspecified atom stereocenters. The van der Waals surface area contributed by atoms with Gasteiger partial charge in [0.15, 0.2) is 5.84 Å². The van der Waals surface area contributed by atoms with E-state index in [0.717, 1.165) is 0 Å². The molecule has 0 radical (unpaired) electrons. The number of carbonyl (C=O) groups is 1. The first kappa shape index (κ1) is 13.3. The lowest BCUT2D eigenvalue weighted by molar-refractivity contribution is 0.00685. The molecular weight excluding hydrogens is 276 g/mol. The van der Waals surface area contributed by atoms with Gasteiger partial charge >= 0.3 is 0 Å². The van der Waals surface area contributed by atoms with Gasteiger partial charge in [-0.2, -0.15) is 5.10 Å². The van der Waals surface area contributed by atoms with Crippen molar-refractivity contribution < 1.29 is 14.7 Å². The standard InChI is InChI=1S/C12H14N6O3/c13-11(16-20)10-7-17(3-4-21-10)12(19)8-5-15-18-2-1-14-6-9(8)18/h1-2,5-6,10,20H,3-4,7H2,(H2,13,16). The number of carbonyl (C=O) groups excluding carboxylic acids is 1. The number of fused-ring (bicyclic) bond motifs is 1. The van der Waals surface area contributed by atoms with Gasteiger partial charge in [-0.15, -0.1) is 0 Å². The number of rotatable bonds is 2. The number of hydrogen-bond acceptors (Lipinski definition) is 6. The zero-order valence-corrected chi connectivity index (χ0v) is 11.1. The Morgan fingerprint density at radius 2 is 2.38 bits per heavy atom. The van der Waals surface area contributed by atoms with Gasteiger partial charge in [-0.05, 0) is 0 Å². The average Bonchev–Trinajstić information content (AvgIpc) is 2.97. The number of hydrogen-bond donors (Lipinski definition) is 2. The predicted octanol–water partition coefficient (Wildman–Crippen LogP) is -0.683. The van der Waals surface area contributed by atoms with Crippen LogP contribution in [0, 0.1) is 0 Å². The number of morpholine rings is 1. The van der Waals surface area contributed by atoms with Crippen molar-refractivity contribution in [2.75, 3.05) is 19.7 Å². The summed E-state index contributed by atoms with van der Waals surface area (Å²) in [5.74, 6) is -0.230. The average molecular weight is 290 g/mol. The van der Waals surface area contributed by atoms with E-state index in [4.69, 9.17) is 15.7 Å². The maximum atomic E-state index is 12.6. The Bertz CT molecular complexity index is 697. The molecular formula is C12H14N6O3. The largest absolute Gasteiger partial charge is 0.409 e. The summed E-state index contributed by atoms with van der Waals surface area (Å²) < 4.78 is 6.96. The van der Waals surface area contributed by atoms with Gasteiger partial charge in [-0.3, -0.25) is 9.78 Å². The monoisotopic (exact) mass is 290 g/mol. The quantitative estimate of drug-likeness (QED) is 0.327. The maximum Gasteiger partial charge on any atom is 0.257 e. The summed E-state index contributed by atoms with van der Waals surface area (Å²) in [6.07, 6.45) is 5.75. The molecule has 110 valence electrons. The first-order chi connectivity index (χ1) is 10.2. The van der Waals surface area contributed by atoms with Crippen LogP contribution in [0.25, 0.3) is 5.52 Å². The highest BCUT2D eigenvalue weighted by atomic mass is 16.5. The molecule has 1 atom stereocenters. The molecule has 1 aliphatic rings. The molecule has 2 aromatic heterocycles. The molecule has 2 aromatic rings. The summed E-state index contributed by atoms with van der Waals surface area (Å²) in [6.45, 7) is 0.988. The molecule has 0 aromatic carbocycles. The van der Waals surface area contributed by atoms with E-state index in [1.165, 1.54) is 6.20 Å². The number of amides is 1. The van der Waals surface area contributed by atoms with Gasteiger partial charge in [0, 0.05) is 18.9 Å². The molecule has 1 fully saturated rings. The van der Waals surface area contributed by atoms with Crippen molar-refractivity contribution in [2.24, 2.45) is 10.9 Å². The van der Waals surface area contributed by atoms with Crippen molar-refractivity contribution in [1.29, 1.82) is 0 Å². The van der Waals surface area contributed by atoms with Crippen molar-refractivity contribution in [1.82, 2.24) is 19.5 Å². The molecule has 1 aliphatic heterocycles.